The van der Waals surface area contributed by atoms with E-state index in [4.69, 9.17) is 4.74 Å². The van der Waals surface area contributed by atoms with E-state index >= 15 is 0 Å². The molecule has 1 aliphatic carbocycles. The molecule has 0 aromatic rings. The van der Waals surface area contributed by atoms with E-state index in [2.05, 4.69) is 0 Å². The van der Waals surface area contributed by atoms with E-state index in [1.165, 1.54) is 12.8 Å². The van der Waals surface area contributed by atoms with Crippen molar-refractivity contribution in [1.29, 1.82) is 0 Å². The van der Waals surface area contributed by atoms with Gasteiger partial charge in [-0.15, -0.1) is 0 Å². The first-order valence-corrected chi connectivity index (χ1v) is 4.19. The molecule has 0 spiro atoms. The van der Waals surface area contributed by atoms with Crippen molar-refractivity contribution in [3.05, 3.63) is 0 Å². The summed E-state index contributed by atoms with van der Waals surface area (Å²) < 4.78 is 5.15. The van der Waals surface area contributed by atoms with Crippen molar-refractivity contribution in [3.8, 4) is 0 Å². The number of rotatable bonds is 2. The van der Waals surface area contributed by atoms with Gasteiger partial charge >= 0.3 is 5.97 Å². The van der Waals surface area contributed by atoms with Crippen LogP contribution in [0, 0.1) is 5.92 Å². The highest BCUT2D eigenvalue weighted by atomic mass is 16.6. The van der Waals surface area contributed by atoms with Crippen LogP contribution in [0.4, 0.5) is 0 Å². The number of hydrogen-bond donors (Lipinski definition) is 0. The maximum atomic E-state index is 11.1. The average Bonchev–Trinajstić information content (AvgIpc) is 2.42. The first kappa shape index (κ1) is 8.57. The van der Waals surface area contributed by atoms with Crippen LogP contribution in [0.25, 0.3) is 0 Å². The monoisotopic (exact) mass is 156 g/mol. The highest BCUT2D eigenvalue weighted by molar-refractivity contribution is 5.70. The van der Waals surface area contributed by atoms with Gasteiger partial charge in [0.25, 0.3) is 0 Å². The maximum Gasteiger partial charge on any atom is 0.306 e. The molecule has 0 saturated heterocycles. The van der Waals surface area contributed by atoms with Gasteiger partial charge in [0.2, 0.25) is 0 Å². The largest absolute Gasteiger partial charge is 0.460 e. The summed E-state index contributed by atoms with van der Waals surface area (Å²) in [5.74, 6) is 0.588. The molecular weight excluding hydrogens is 140 g/mol. The fourth-order valence-electron chi connectivity index (χ4n) is 0.941. The lowest BCUT2D eigenvalue weighted by Crippen LogP contribution is -2.23. The topological polar surface area (TPSA) is 26.3 Å². The third-order valence-electron chi connectivity index (χ3n) is 1.57. The van der Waals surface area contributed by atoms with E-state index in [1.54, 1.807) is 0 Å². The molecule has 1 saturated carbocycles. The summed E-state index contributed by atoms with van der Waals surface area (Å²) in [6, 6.07) is 0. The molecule has 64 valence electrons. The van der Waals surface area contributed by atoms with Crippen LogP contribution < -0.4 is 0 Å². The molecule has 2 nitrogen and oxygen atoms in total. The molecule has 1 fully saturated rings. The van der Waals surface area contributed by atoms with Gasteiger partial charge in [0.15, 0.2) is 0 Å². The van der Waals surface area contributed by atoms with Gasteiger partial charge in [0, 0.05) is 6.42 Å². The van der Waals surface area contributed by atoms with Crippen LogP contribution in [-0.4, -0.2) is 11.6 Å². The van der Waals surface area contributed by atoms with Crippen molar-refractivity contribution >= 4 is 5.97 Å². The van der Waals surface area contributed by atoms with E-state index in [1.807, 2.05) is 20.8 Å². The third kappa shape index (κ3) is 4.02. The summed E-state index contributed by atoms with van der Waals surface area (Å²) in [5.41, 5.74) is -0.314. The SMILES string of the molecule is CC(C)(C)OC(=O)CC1CC1. The predicted octanol–water partition coefficient (Wildman–Crippen LogP) is 2.13. The summed E-state index contributed by atoms with van der Waals surface area (Å²) in [6.45, 7) is 5.70. The Balaban J connectivity index is 2.19. The van der Waals surface area contributed by atoms with Gasteiger partial charge in [-0.3, -0.25) is 4.79 Å². The molecule has 1 rings (SSSR count). The lowest BCUT2D eigenvalue weighted by molar-refractivity contribution is -0.155. The molecule has 0 aromatic carbocycles. The minimum atomic E-state index is -0.314. The fraction of sp³-hybridized carbons (Fsp3) is 0.889. The third-order valence-corrected chi connectivity index (χ3v) is 1.57. The molecule has 0 atom stereocenters. The van der Waals surface area contributed by atoms with Crippen molar-refractivity contribution < 1.29 is 9.53 Å². The van der Waals surface area contributed by atoms with Crippen molar-refractivity contribution in [1.82, 2.24) is 0 Å². The van der Waals surface area contributed by atoms with Crippen LogP contribution in [0.5, 0.6) is 0 Å². The molecule has 0 amide bonds. The van der Waals surface area contributed by atoms with E-state index < -0.39 is 0 Å². The van der Waals surface area contributed by atoms with Gasteiger partial charge in [0.1, 0.15) is 5.60 Å². The zero-order valence-electron chi connectivity index (χ0n) is 7.52. The van der Waals surface area contributed by atoms with E-state index in [0.717, 1.165) is 0 Å². The first-order chi connectivity index (χ1) is 4.97. The molecule has 0 N–H and O–H groups in total. The molecular formula is C9H16O2. The Morgan fingerprint density at radius 3 is 2.36 bits per heavy atom. The second-order valence-corrected chi connectivity index (χ2v) is 4.23. The Morgan fingerprint density at radius 1 is 1.45 bits per heavy atom. The van der Waals surface area contributed by atoms with E-state index in [-0.39, 0.29) is 11.6 Å². The highest BCUT2D eigenvalue weighted by Gasteiger charge is 2.27. The summed E-state index contributed by atoms with van der Waals surface area (Å²) in [5, 5.41) is 0. The summed E-state index contributed by atoms with van der Waals surface area (Å²) in [7, 11) is 0. The van der Waals surface area contributed by atoms with Crippen molar-refractivity contribution in [2.45, 2.75) is 45.6 Å². The number of carbonyl (C=O) groups is 1. The second-order valence-electron chi connectivity index (χ2n) is 4.23. The Kier molecular flexibility index (Phi) is 2.21. The van der Waals surface area contributed by atoms with Crippen LogP contribution in [0.3, 0.4) is 0 Å². The average molecular weight is 156 g/mol. The number of esters is 1. The summed E-state index contributed by atoms with van der Waals surface area (Å²) >= 11 is 0. The lowest BCUT2D eigenvalue weighted by Gasteiger charge is -2.19. The van der Waals surface area contributed by atoms with Crippen molar-refractivity contribution in [3.63, 3.8) is 0 Å². The molecule has 0 aliphatic heterocycles. The molecule has 11 heavy (non-hydrogen) atoms. The van der Waals surface area contributed by atoms with Gasteiger partial charge in [-0.2, -0.15) is 0 Å². The Hall–Kier alpha value is -0.530. The smallest absolute Gasteiger partial charge is 0.306 e. The minimum Gasteiger partial charge on any atom is -0.460 e. The van der Waals surface area contributed by atoms with Crippen LogP contribution in [0.15, 0.2) is 0 Å². The van der Waals surface area contributed by atoms with Crippen LogP contribution in [-0.2, 0) is 9.53 Å². The Bertz CT molecular complexity index is 151. The van der Waals surface area contributed by atoms with Crippen molar-refractivity contribution in [2.75, 3.05) is 0 Å². The number of carbonyl (C=O) groups excluding carboxylic acids is 1. The first-order valence-electron chi connectivity index (χ1n) is 4.19. The summed E-state index contributed by atoms with van der Waals surface area (Å²) in [6.07, 6.45) is 3.04. The van der Waals surface area contributed by atoms with Gasteiger partial charge in [-0.25, -0.2) is 0 Å². The quantitative estimate of drug-likeness (QED) is 0.572. The van der Waals surface area contributed by atoms with Gasteiger partial charge in [0.05, 0.1) is 0 Å². The van der Waals surface area contributed by atoms with Gasteiger partial charge in [-0.05, 0) is 39.5 Å². The second kappa shape index (κ2) is 2.84. The number of hydrogen-bond acceptors (Lipinski definition) is 2. The standard InChI is InChI=1S/C9H16O2/c1-9(2,3)11-8(10)6-7-4-5-7/h7H,4-6H2,1-3H3. The molecule has 0 radical (unpaired) electrons. The molecule has 2 heteroatoms. The van der Waals surface area contributed by atoms with Gasteiger partial charge in [-0.1, -0.05) is 0 Å². The highest BCUT2D eigenvalue weighted by Crippen LogP contribution is 2.33. The van der Waals surface area contributed by atoms with Crippen molar-refractivity contribution in [2.24, 2.45) is 5.92 Å². The molecule has 0 unspecified atom stereocenters. The zero-order chi connectivity index (χ0) is 8.48. The van der Waals surface area contributed by atoms with Crippen LogP contribution in [0.2, 0.25) is 0 Å². The van der Waals surface area contributed by atoms with E-state index in [9.17, 15) is 4.79 Å². The van der Waals surface area contributed by atoms with Gasteiger partial charge < -0.3 is 4.74 Å². The molecule has 0 aromatic heterocycles. The van der Waals surface area contributed by atoms with Crippen LogP contribution >= 0.6 is 0 Å². The normalized spacial score (nSPS) is 18.1. The fourth-order valence-corrected chi connectivity index (χ4v) is 0.941. The maximum absolute atomic E-state index is 11.1. The molecule has 0 bridgehead atoms. The van der Waals surface area contributed by atoms with Crippen LogP contribution in [0.1, 0.15) is 40.0 Å². The Labute approximate surface area is 67.9 Å². The minimum absolute atomic E-state index is 0.0417. The Morgan fingerprint density at radius 2 is 2.00 bits per heavy atom. The summed E-state index contributed by atoms with van der Waals surface area (Å²) in [4.78, 5) is 11.1. The number of ether oxygens (including phenoxy) is 1. The lowest BCUT2D eigenvalue weighted by atomic mass is 10.2. The predicted molar refractivity (Wildman–Crippen MR) is 43.2 cm³/mol. The molecule has 0 heterocycles. The zero-order valence-corrected chi connectivity index (χ0v) is 7.52. The van der Waals surface area contributed by atoms with E-state index in [0.29, 0.717) is 12.3 Å². The molecule has 1 aliphatic rings.